The number of sulfonamides is 1. The van der Waals surface area contributed by atoms with Crippen molar-refractivity contribution in [2.45, 2.75) is 37.8 Å². The van der Waals surface area contributed by atoms with Crippen LogP contribution in [0.3, 0.4) is 0 Å². The van der Waals surface area contributed by atoms with Crippen molar-refractivity contribution in [2.75, 3.05) is 25.9 Å². The molecule has 2 aliphatic carbocycles. The van der Waals surface area contributed by atoms with Gasteiger partial charge in [0, 0.05) is 31.2 Å². The lowest BCUT2D eigenvalue weighted by Crippen LogP contribution is -2.54. The molecule has 30 heavy (non-hydrogen) atoms. The van der Waals surface area contributed by atoms with Gasteiger partial charge in [-0.2, -0.15) is 0 Å². The van der Waals surface area contributed by atoms with Crippen LogP contribution in [-0.2, 0) is 14.8 Å². The van der Waals surface area contributed by atoms with Crippen LogP contribution in [0.5, 0.6) is 0 Å². The maximum atomic E-state index is 13.0. The number of carbonyl (C=O) groups excluding carboxylic acids is 1. The van der Waals surface area contributed by atoms with Gasteiger partial charge in [-0.15, -0.1) is 0 Å². The van der Waals surface area contributed by atoms with Gasteiger partial charge < -0.3 is 14.5 Å². The molecule has 5 aliphatic rings. The molecule has 5 rings (SSSR count). The molecule has 1 unspecified atom stereocenters. The highest BCUT2D eigenvalue weighted by Crippen LogP contribution is 2.52. The van der Waals surface area contributed by atoms with Crippen molar-refractivity contribution in [1.82, 2.24) is 14.5 Å². The number of amides is 2. The van der Waals surface area contributed by atoms with E-state index in [0.717, 1.165) is 37.3 Å². The smallest absolute Gasteiger partial charge is 0.320 e. The summed E-state index contributed by atoms with van der Waals surface area (Å²) in [5.74, 6) is 0.924. The minimum Gasteiger partial charge on any atom is -0.468 e. The van der Waals surface area contributed by atoms with Gasteiger partial charge >= 0.3 is 6.03 Å². The Labute approximate surface area is 177 Å². The molecule has 2 saturated heterocycles. The number of hydrogen-bond donors (Lipinski definition) is 1. The lowest BCUT2D eigenvalue weighted by molar-refractivity contribution is 0.120. The van der Waals surface area contributed by atoms with Crippen LogP contribution in [0.2, 0.25) is 0 Å². The van der Waals surface area contributed by atoms with E-state index < -0.39 is 10.0 Å². The average Bonchev–Trinajstić information content (AvgIpc) is 3.20. The van der Waals surface area contributed by atoms with Crippen LogP contribution in [-0.4, -0.2) is 62.2 Å². The maximum Gasteiger partial charge on any atom is 0.320 e. The molecule has 3 aliphatic heterocycles. The number of nitrogens with one attached hydrogen (secondary N) is 1. The van der Waals surface area contributed by atoms with E-state index >= 15 is 0 Å². The first-order chi connectivity index (χ1) is 14.4. The molecule has 0 aromatic rings. The normalized spacial score (nSPS) is 32.0. The molecule has 8 heteroatoms. The van der Waals surface area contributed by atoms with Crippen molar-refractivity contribution >= 4 is 16.1 Å². The highest BCUT2D eigenvalue weighted by atomic mass is 32.2. The first kappa shape index (κ1) is 19.6. The highest BCUT2D eigenvalue weighted by Gasteiger charge is 2.46. The molecule has 3 heterocycles. The molecule has 3 atom stereocenters. The third-order valence-electron chi connectivity index (χ3n) is 6.77. The molecule has 0 radical (unpaired) electrons. The van der Waals surface area contributed by atoms with Gasteiger partial charge in [-0.25, -0.2) is 17.9 Å². The summed E-state index contributed by atoms with van der Waals surface area (Å²) in [6.07, 6.45) is 18.5. The quantitative estimate of drug-likeness (QED) is 0.745. The molecule has 2 amide bonds. The van der Waals surface area contributed by atoms with E-state index in [1.807, 2.05) is 34.3 Å². The largest absolute Gasteiger partial charge is 0.468 e. The molecular formula is C22H27N3O4S. The van der Waals surface area contributed by atoms with Crippen LogP contribution in [0.1, 0.15) is 25.7 Å². The molecule has 1 N–H and O–H groups in total. The Morgan fingerprint density at radius 2 is 2.10 bits per heavy atom. The lowest BCUT2D eigenvalue weighted by atomic mass is 9.69. The van der Waals surface area contributed by atoms with Crippen molar-refractivity contribution in [3.05, 3.63) is 59.6 Å². The van der Waals surface area contributed by atoms with Crippen molar-refractivity contribution in [1.29, 1.82) is 0 Å². The summed E-state index contributed by atoms with van der Waals surface area (Å²) in [4.78, 5) is 16.7. The van der Waals surface area contributed by atoms with E-state index in [-0.39, 0.29) is 23.5 Å². The van der Waals surface area contributed by atoms with Gasteiger partial charge in [0.1, 0.15) is 5.76 Å². The second-order valence-corrected chi connectivity index (χ2v) is 10.6. The van der Waals surface area contributed by atoms with E-state index in [2.05, 4.69) is 23.0 Å². The Hall–Kier alpha value is -2.32. The molecule has 7 nitrogen and oxygen atoms in total. The van der Waals surface area contributed by atoms with Gasteiger partial charge in [-0.05, 0) is 31.8 Å². The lowest BCUT2D eigenvalue weighted by Gasteiger charge is -2.39. The number of ether oxygens (including phenoxy) is 1. The zero-order valence-corrected chi connectivity index (χ0v) is 17.9. The standard InChI is InChI=1S/C22H27N3O4S/c1-30(27,28)23-18-8-12-25(21(26)24-10-4-11-24)19(18)13-16-6-7-20-22(14-16)9-3-2-5-17(22)15-29-20/h2-3,5-7,9,15,18-19,23H,4,8,10-14H2,1H3/t18-,19-,22?/m1/s1. The summed E-state index contributed by atoms with van der Waals surface area (Å²) in [5, 5.41) is 0. The Bertz CT molecular complexity index is 1020. The van der Waals surface area contributed by atoms with Crippen LogP contribution in [0.4, 0.5) is 4.79 Å². The number of likely N-dealkylation sites (tertiary alicyclic amines) is 2. The van der Waals surface area contributed by atoms with E-state index in [1.54, 1.807) is 0 Å². The molecule has 2 fully saturated rings. The number of allylic oxidation sites excluding steroid dienone is 6. The summed E-state index contributed by atoms with van der Waals surface area (Å²) in [6.45, 7) is 2.14. The van der Waals surface area contributed by atoms with Gasteiger partial charge in [-0.1, -0.05) is 36.0 Å². The maximum absolute atomic E-state index is 13.0. The Morgan fingerprint density at radius 1 is 1.27 bits per heavy atom. The first-order valence-electron chi connectivity index (χ1n) is 10.5. The summed E-state index contributed by atoms with van der Waals surface area (Å²) < 4.78 is 32.5. The summed E-state index contributed by atoms with van der Waals surface area (Å²) in [6, 6.07) is -0.436. The number of hydrogen-bond acceptors (Lipinski definition) is 4. The van der Waals surface area contributed by atoms with Crippen LogP contribution in [0, 0.1) is 5.41 Å². The van der Waals surface area contributed by atoms with Crippen molar-refractivity contribution in [2.24, 2.45) is 5.41 Å². The summed E-state index contributed by atoms with van der Waals surface area (Å²) in [7, 11) is -3.36. The van der Waals surface area contributed by atoms with Gasteiger partial charge in [0.15, 0.2) is 0 Å². The fourth-order valence-corrected chi connectivity index (χ4v) is 5.95. The minimum atomic E-state index is -3.36. The summed E-state index contributed by atoms with van der Waals surface area (Å²) >= 11 is 0. The fourth-order valence-electron chi connectivity index (χ4n) is 5.13. The average molecular weight is 430 g/mol. The number of rotatable bonds is 4. The van der Waals surface area contributed by atoms with E-state index in [1.165, 1.54) is 11.8 Å². The highest BCUT2D eigenvalue weighted by molar-refractivity contribution is 7.88. The van der Waals surface area contributed by atoms with Gasteiger partial charge in [0.2, 0.25) is 10.0 Å². The first-order valence-corrected chi connectivity index (χ1v) is 12.4. The Morgan fingerprint density at radius 3 is 2.83 bits per heavy atom. The number of urea groups is 1. The van der Waals surface area contributed by atoms with Crippen LogP contribution < -0.4 is 4.72 Å². The molecule has 0 saturated carbocycles. The molecule has 160 valence electrons. The predicted molar refractivity (Wildman–Crippen MR) is 114 cm³/mol. The summed E-state index contributed by atoms with van der Waals surface area (Å²) in [5.41, 5.74) is 2.06. The fraction of sp³-hybridized carbons (Fsp3) is 0.500. The Balaban J connectivity index is 1.40. The monoisotopic (exact) mass is 429 g/mol. The van der Waals surface area contributed by atoms with E-state index in [4.69, 9.17) is 4.74 Å². The molecule has 0 aromatic carbocycles. The second-order valence-electron chi connectivity index (χ2n) is 8.79. The van der Waals surface area contributed by atoms with Crippen molar-refractivity contribution < 1.29 is 17.9 Å². The van der Waals surface area contributed by atoms with Gasteiger partial charge in [0.25, 0.3) is 0 Å². The predicted octanol–water partition coefficient (Wildman–Crippen LogP) is 2.43. The van der Waals surface area contributed by atoms with Crippen LogP contribution >= 0.6 is 0 Å². The molecular weight excluding hydrogens is 402 g/mol. The van der Waals surface area contributed by atoms with E-state index in [9.17, 15) is 13.2 Å². The number of nitrogens with zero attached hydrogens (tertiary/aromatic N) is 2. The SMILES string of the molecule is CS(=O)(=O)N[C@@H]1CCN(C(=O)N2CCC2)[C@@H]1CC1=CC=C2OC=C3C=CC=CC32C1. The second kappa shape index (κ2) is 7.13. The van der Waals surface area contributed by atoms with Crippen molar-refractivity contribution in [3.63, 3.8) is 0 Å². The third kappa shape index (κ3) is 3.32. The molecule has 1 spiro atoms. The topological polar surface area (TPSA) is 79.0 Å². The minimum absolute atomic E-state index is 0.0279. The van der Waals surface area contributed by atoms with E-state index in [0.29, 0.717) is 19.4 Å². The zero-order valence-electron chi connectivity index (χ0n) is 17.1. The molecule has 0 aromatic heterocycles. The van der Waals surface area contributed by atoms with Gasteiger partial charge in [-0.3, -0.25) is 0 Å². The van der Waals surface area contributed by atoms with Gasteiger partial charge in [0.05, 0.1) is 24.0 Å². The molecule has 0 bridgehead atoms. The Kier molecular flexibility index (Phi) is 4.67. The number of carbonyl (C=O) groups is 1. The van der Waals surface area contributed by atoms with Crippen LogP contribution in [0.25, 0.3) is 0 Å². The zero-order chi connectivity index (χ0) is 20.9. The third-order valence-corrected chi connectivity index (χ3v) is 7.50. The van der Waals surface area contributed by atoms with Crippen LogP contribution in [0.15, 0.2) is 59.6 Å². The van der Waals surface area contributed by atoms with Crippen molar-refractivity contribution in [3.8, 4) is 0 Å².